The maximum atomic E-state index is 11.3. The van der Waals surface area contributed by atoms with Crippen molar-refractivity contribution in [2.75, 3.05) is 0 Å². The lowest BCUT2D eigenvalue weighted by molar-refractivity contribution is -0.132. The summed E-state index contributed by atoms with van der Waals surface area (Å²) in [4.78, 5) is 11.3. The van der Waals surface area contributed by atoms with Crippen molar-refractivity contribution >= 4 is 11.5 Å². The maximum absolute atomic E-state index is 11.3. The van der Waals surface area contributed by atoms with Gasteiger partial charge in [0.1, 0.15) is 0 Å². The van der Waals surface area contributed by atoms with Gasteiger partial charge < -0.3 is 5.11 Å². The Kier molecular flexibility index (Phi) is 8.00. The van der Waals surface area contributed by atoms with Crippen LogP contribution in [-0.4, -0.2) is 11.1 Å². The van der Waals surface area contributed by atoms with Crippen LogP contribution in [0.2, 0.25) is 0 Å². The van der Waals surface area contributed by atoms with E-state index in [-0.39, 0.29) is 5.57 Å². The number of carboxylic acid groups (broad SMARTS) is 1. The van der Waals surface area contributed by atoms with Gasteiger partial charge in [0.2, 0.25) is 0 Å². The lowest BCUT2D eigenvalue weighted by atomic mass is 9.96. The summed E-state index contributed by atoms with van der Waals surface area (Å²) in [7, 11) is 0. The highest BCUT2D eigenvalue weighted by Gasteiger charge is 2.08. The SMILES string of the molecule is C=C(C)/C(=C/C=C(c1ccccc1)c1ccccc1)C(=O)O.CC. The molecule has 2 rings (SSSR count). The fourth-order valence-corrected chi connectivity index (χ4v) is 2.16. The molecule has 2 aromatic carbocycles. The van der Waals surface area contributed by atoms with Gasteiger partial charge in [0, 0.05) is 0 Å². The van der Waals surface area contributed by atoms with E-state index in [0.29, 0.717) is 5.57 Å². The second kappa shape index (κ2) is 10.0. The van der Waals surface area contributed by atoms with Crippen molar-refractivity contribution in [1.29, 1.82) is 0 Å². The lowest BCUT2D eigenvalue weighted by Crippen LogP contribution is -2.00. The Labute approximate surface area is 144 Å². The van der Waals surface area contributed by atoms with Gasteiger partial charge in [-0.25, -0.2) is 4.79 Å². The van der Waals surface area contributed by atoms with Crippen LogP contribution in [0.5, 0.6) is 0 Å². The van der Waals surface area contributed by atoms with Gasteiger partial charge in [-0.15, -0.1) is 0 Å². The van der Waals surface area contributed by atoms with Crippen LogP contribution in [0.1, 0.15) is 31.9 Å². The number of hydrogen-bond donors (Lipinski definition) is 1. The number of carboxylic acids is 1. The largest absolute Gasteiger partial charge is 0.478 e. The van der Waals surface area contributed by atoms with Gasteiger partial charge in [-0.1, -0.05) is 87.2 Å². The summed E-state index contributed by atoms with van der Waals surface area (Å²) in [5.41, 5.74) is 3.79. The molecular weight excluding hydrogens is 296 g/mol. The van der Waals surface area contributed by atoms with Gasteiger partial charge in [-0.2, -0.15) is 0 Å². The molecule has 0 saturated carbocycles. The van der Waals surface area contributed by atoms with Crippen LogP contribution in [0.3, 0.4) is 0 Å². The van der Waals surface area contributed by atoms with Gasteiger partial charge in [0.15, 0.2) is 0 Å². The van der Waals surface area contributed by atoms with E-state index < -0.39 is 5.97 Å². The smallest absolute Gasteiger partial charge is 0.335 e. The fraction of sp³-hybridized carbons (Fsp3) is 0.136. The third-order valence-corrected chi connectivity index (χ3v) is 3.28. The first-order chi connectivity index (χ1) is 11.6. The van der Waals surface area contributed by atoms with E-state index >= 15 is 0 Å². The zero-order valence-corrected chi connectivity index (χ0v) is 14.5. The molecule has 1 N–H and O–H groups in total. The molecule has 0 fully saturated rings. The zero-order chi connectivity index (χ0) is 17.9. The quantitative estimate of drug-likeness (QED) is 0.564. The number of hydrogen-bond acceptors (Lipinski definition) is 1. The molecule has 0 amide bonds. The van der Waals surface area contributed by atoms with Gasteiger partial charge >= 0.3 is 5.97 Å². The predicted molar refractivity (Wildman–Crippen MR) is 102 cm³/mol. The molecule has 0 aliphatic carbocycles. The van der Waals surface area contributed by atoms with Crippen LogP contribution in [0.4, 0.5) is 0 Å². The minimum absolute atomic E-state index is 0.212. The van der Waals surface area contributed by atoms with Crippen LogP contribution in [0.25, 0.3) is 5.57 Å². The molecule has 0 spiro atoms. The molecule has 0 unspecified atom stereocenters. The van der Waals surface area contributed by atoms with Crippen molar-refractivity contribution in [3.63, 3.8) is 0 Å². The number of carbonyl (C=O) groups is 1. The highest BCUT2D eigenvalue weighted by molar-refractivity contribution is 5.92. The molecule has 0 aliphatic rings. The van der Waals surface area contributed by atoms with E-state index in [9.17, 15) is 9.90 Å². The first kappa shape index (κ1) is 19.2. The monoisotopic (exact) mass is 320 g/mol. The molecule has 2 nitrogen and oxygen atoms in total. The molecule has 124 valence electrons. The van der Waals surface area contributed by atoms with Gasteiger partial charge in [-0.3, -0.25) is 0 Å². The number of allylic oxidation sites excluding steroid dienone is 2. The molecule has 0 radical (unpaired) electrons. The molecule has 0 aliphatic heterocycles. The van der Waals surface area contributed by atoms with Crippen LogP contribution in [-0.2, 0) is 4.79 Å². The molecular formula is C22H24O2. The molecule has 0 saturated heterocycles. The Bertz CT molecular complexity index is 666. The van der Waals surface area contributed by atoms with Crippen molar-refractivity contribution < 1.29 is 9.90 Å². The number of aliphatic carboxylic acids is 1. The third-order valence-electron chi connectivity index (χ3n) is 3.28. The molecule has 0 heterocycles. The maximum Gasteiger partial charge on any atom is 0.335 e. The average Bonchev–Trinajstić information content (AvgIpc) is 2.61. The van der Waals surface area contributed by atoms with Crippen molar-refractivity contribution in [3.8, 4) is 0 Å². The van der Waals surface area contributed by atoms with Crippen LogP contribution >= 0.6 is 0 Å². The summed E-state index contributed by atoms with van der Waals surface area (Å²) in [5, 5.41) is 9.24. The zero-order valence-electron chi connectivity index (χ0n) is 14.5. The molecule has 0 aromatic heterocycles. The summed E-state index contributed by atoms with van der Waals surface area (Å²) >= 11 is 0. The van der Waals surface area contributed by atoms with E-state index in [0.717, 1.165) is 16.7 Å². The normalized spacial score (nSPS) is 10.2. The summed E-state index contributed by atoms with van der Waals surface area (Å²) in [6.45, 7) is 9.41. The summed E-state index contributed by atoms with van der Waals surface area (Å²) in [6.07, 6.45) is 3.45. The van der Waals surface area contributed by atoms with Crippen LogP contribution in [0.15, 0.2) is 90.5 Å². The highest BCUT2D eigenvalue weighted by atomic mass is 16.4. The van der Waals surface area contributed by atoms with Crippen LogP contribution < -0.4 is 0 Å². The Morgan fingerprint density at radius 3 is 1.62 bits per heavy atom. The molecule has 0 bridgehead atoms. The highest BCUT2D eigenvalue weighted by Crippen LogP contribution is 2.24. The van der Waals surface area contributed by atoms with Crippen LogP contribution in [0, 0.1) is 0 Å². The topological polar surface area (TPSA) is 37.3 Å². The van der Waals surface area contributed by atoms with E-state index in [1.54, 1.807) is 13.0 Å². The number of benzene rings is 2. The minimum Gasteiger partial charge on any atom is -0.478 e. The molecule has 2 heteroatoms. The fourth-order valence-electron chi connectivity index (χ4n) is 2.16. The molecule has 24 heavy (non-hydrogen) atoms. The van der Waals surface area contributed by atoms with E-state index in [1.807, 2.05) is 80.6 Å². The van der Waals surface area contributed by atoms with Gasteiger partial charge in [-0.05, 0) is 35.3 Å². The predicted octanol–water partition coefficient (Wildman–Crippen LogP) is 5.73. The standard InChI is InChI=1S/C20H18O2.C2H6/c1-15(2)18(20(21)22)13-14-19(16-9-5-3-6-10-16)17-11-7-4-8-12-17;1-2/h3-14H,1H2,2H3,(H,21,22);1-2H3/b18-13-;. The Morgan fingerprint density at radius 2 is 1.29 bits per heavy atom. The first-order valence-corrected chi connectivity index (χ1v) is 8.01. The third kappa shape index (κ3) is 5.40. The van der Waals surface area contributed by atoms with Crippen molar-refractivity contribution in [2.24, 2.45) is 0 Å². The van der Waals surface area contributed by atoms with E-state index in [2.05, 4.69) is 6.58 Å². The number of rotatable bonds is 5. The lowest BCUT2D eigenvalue weighted by Gasteiger charge is -2.08. The van der Waals surface area contributed by atoms with Crippen molar-refractivity contribution in [1.82, 2.24) is 0 Å². The second-order valence-corrected chi connectivity index (χ2v) is 4.98. The summed E-state index contributed by atoms with van der Waals surface area (Å²) in [5.74, 6) is -0.968. The van der Waals surface area contributed by atoms with E-state index in [4.69, 9.17) is 0 Å². The van der Waals surface area contributed by atoms with Crippen molar-refractivity contribution in [2.45, 2.75) is 20.8 Å². The molecule has 2 aromatic rings. The van der Waals surface area contributed by atoms with E-state index in [1.165, 1.54) is 0 Å². The van der Waals surface area contributed by atoms with Gasteiger partial charge in [0.05, 0.1) is 5.57 Å². The Morgan fingerprint density at radius 1 is 0.875 bits per heavy atom. The Hall–Kier alpha value is -2.87. The summed E-state index contributed by atoms with van der Waals surface area (Å²) < 4.78 is 0. The average molecular weight is 320 g/mol. The Balaban J connectivity index is 0.00000139. The second-order valence-electron chi connectivity index (χ2n) is 4.98. The van der Waals surface area contributed by atoms with Crippen molar-refractivity contribution in [3.05, 3.63) is 102 Å². The van der Waals surface area contributed by atoms with Gasteiger partial charge in [0.25, 0.3) is 0 Å². The first-order valence-electron chi connectivity index (χ1n) is 8.01. The minimum atomic E-state index is -0.968. The summed E-state index contributed by atoms with van der Waals surface area (Å²) in [6, 6.07) is 19.8. The molecule has 0 atom stereocenters.